The maximum atomic E-state index is 11.9. The first-order valence-electron chi connectivity index (χ1n) is 6.63. The molecule has 0 fully saturated rings. The van der Waals surface area contributed by atoms with E-state index in [-0.39, 0.29) is 12.4 Å². The lowest BCUT2D eigenvalue weighted by molar-refractivity contribution is 0.0954. The summed E-state index contributed by atoms with van der Waals surface area (Å²) in [4.78, 5) is 11.9. The molecule has 1 aliphatic heterocycles. The number of halogens is 1. The van der Waals surface area contributed by atoms with Crippen molar-refractivity contribution in [2.45, 2.75) is 0 Å². The standard InChI is InChI=1S/C15H11BrN2O6/c16-9-4-13-12(23-6-24-13)3-8(9)5-17-18-15(22)7-1-10(19)14(21)11(20)2-7/h1-5,19-21H,6H2,(H,18,22)/b17-5-. The minimum atomic E-state index is -0.695. The number of ether oxygens (including phenoxy) is 2. The van der Waals surface area contributed by atoms with Gasteiger partial charge in [0.05, 0.1) is 6.21 Å². The van der Waals surface area contributed by atoms with E-state index in [0.717, 1.165) is 12.1 Å². The van der Waals surface area contributed by atoms with Gasteiger partial charge in [-0.2, -0.15) is 5.10 Å². The van der Waals surface area contributed by atoms with Crippen LogP contribution in [0.5, 0.6) is 28.7 Å². The summed E-state index contributed by atoms with van der Waals surface area (Å²) < 4.78 is 11.2. The van der Waals surface area contributed by atoms with E-state index in [4.69, 9.17) is 9.47 Å². The summed E-state index contributed by atoms with van der Waals surface area (Å²) in [5.41, 5.74) is 2.83. The van der Waals surface area contributed by atoms with E-state index in [0.29, 0.717) is 21.5 Å². The third kappa shape index (κ3) is 3.06. The van der Waals surface area contributed by atoms with Crippen molar-refractivity contribution in [3.05, 3.63) is 39.9 Å². The molecule has 124 valence electrons. The van der Waals surface area contributed by atoms with E-state index in [1.807, 2.05) is 0 Å². The molecular weight excluding hydrogens is 384 g/mol. The second-order valence-electron chi connectivity index (χ2n) is 4.79. The van der Waals surface area contributed by atoms with Crippen molar-refractivity contribution in [1.82, 2.24) is 5.43 Å². The Labute approximate surface area is 144 Å². The van der Waals surface area contributed by atoms with Gasteiger partial charge in [-0.3, -0.25) is 4.79 Å². The number of phenolic OH excluding ortho intramolecular Hbond substituents is 3. The fourth-order valence-electron chi connectivity index (χ4n) is 1.99. The number of carbonyl (C=O) groups excluding carboxylic acids is 1. The fourth-order valence-corrected chi connectivity index (χ4v) is 2.42. The molecule has 24 heavy (non-hydrogen) atoms. The molecule has 2 aromatic rings. The van der Waals surface area contributed by atoms with E-state index in [1.165, 1.54) is 6.21 Å². The quantitative estimate of drug-likeness (QED) is 0.359. The number of carbonyl (C=O) groups is 1. The molecule has 1 amide bonds. The number of aromatic hydroxyl groups is 3. The lowest BCUT2D eigenvalue weighted by Gasteiger charge is -2.05. The van der Waals surface area contributed by atoms with Gasteiger partial charge in [0.1, 0.15) is 0 Å². The van der Waals surface area contributed by atoms with Gasteiger partial charge in [-0.15, -0.1) is 0 Å². The van der Waals surface area contributed by atoms with Gasteiger partial charge in [0.2, 0.25) is 6.79 Å². The summed E-state index contributed by atoms with van der Waals surface area (Å²) in [6, 6.07) is 5.44. The van der Waals surface area contributed by atoms with Crippen LogP contribution in [0.15, 0.2) is 33.8 Å². The van der Waals surface area contributed by atoms with E-state index in [9.17, 15) is 20.1 Å². The zero-order valence-electron chi connectivity index (χ0n) is 12.0. The van der Waals surface area contributed by atoms with E-state index in [2.05, 4.69) is 26.5 Å². The highest BCUT2D eigenvalue weighted by molar-refractivity contribution is 9.10. The first kappa shape index (κ1) is 15.9. The Kier molecular flexibility index (Phi) is 4.17. The molecule has 0 aliphatic carbocycles. The van der Waals surface area contributed by atoms with Gasteiger partial charge in [-0.05, 0) is 40.2 Å². The highest BCUT2D eigenvalue weighted by Crippen LogP contribution is 2.36. The highest BCUT2D eigenvalue weighted by atomic mass is 79.9. The van der Waals surface area contributed by atoms with Crippen LogP contribution in [0.2, 0.25) is 0 Å². The second kappa shape index (κ2) is 6.28. The van der Waals surface area contributed by atoms with E-state index in [1.54, 1.807) is 12.1 Å². The molecular formula is C15H11BrN2O6. The number of hydrogen-bond acceptors (Lipinski definition) is 7. The molecule has 9 heteroatoms. The predicted octanol–water partition coefficient (Wildman–Crippen LogP) is 2.06. The Morgan fingerprint density at radius 3 is 2.42 bits per heavy atom. The smallest absolute Gasteiger partial charge is 0.271 e. The Hall–Kier alpha value is -2.94. The third-order valence-electron chi connectivity index (χ3n) is 3.19. The van der Waals surface area contributed by atoms with Crippen LogP contribution in [0.1, 0.15) is 15.9 Å². The van der Waals surface area contributed by atoms with E-state index < -0.39 is 23.2 Å². The zero-order valence-corrected chi connectivity index (χ0v) is 13.6. The Morgan fingerprint density at radius 2 is 1.75 bits per heavy atom. The number of nitrogens with one attached hydrogen (secondary N) is 1. The summed E-state index contributed by atoms with van der Waals surface area (Å²) in [7, 11) is 0. The highest BCUT2D eigenvalue weighted by Gasteiger charge is 2.16. The van der Waals surface area contributed by atoms with Gasteiger partial charge in [0, 0.05) is 15.6 Å². The molecule has 0 bridgehead atoms. The molecule has 0 atom stereocenters. The number of nitrogens with zero attached hydrogens (tertiary/aromatic N) is 1. The van der Waals surface area contributed by atoms with Gasteiger partial charge in [0.15, 0.2) is 28.7 Å². The predicted molar refractivity (Wildman–Crippen MR) is 86.8 cm³/mol. The van der Waals surface area contributed by atoms with Crippen LogP contribution in [0.3, 0.4) is 0 Å². The van der Waals surface area contributed by atoms with Crippen LogP contribution in [0.25, 0.3) is 0 Å². The van der Waals surface area contributed by atoms with Crippen LogP contribution < -0.4 is 14.9 Å². The number of fused-ring (bicyclic) bond motifs is 1. The van der Waals surface area contributed by atoms with Crippen molar-refractivity contribution < 1.29 is 29.6 Å². The fraction of sp³-hybridized carbons (Fsp3) is 0.0667. The van der Waals surface area contributed by atoms with E-state index >= 15 is 0 Å². The lowest BCUT2D eigenvalue weighted by Crippen LogP contribution is -2.17. The Bertz CT molecular complexity index is 829. The maximum absolute atomic E-state index is 11.9. The van der Waals surface area contributed by atoms with Crippen molar-refractivity contribution in [2.24, 2.45) is 5.10 Å². The maximum Gasteiger partial charge on any atom is 0.271 e. The van der Waals surface area contributed by atoms with Crippen molar-refractivity contribution in [1.29, 1.82) is 0 Å². The summed E-state index contributed by atoms with van der Waals surface area (Å²) in [6.07, 6.45) is 1.39. The number of rotatable bonds is 3. The van der Waals surface area contributed by atoms with Crippen molar-refractivity contribution >= 4 is 28.1 Å². The van der Waals surface area contributed by atoms with Crippen molar-refractivity contribution in [3.8, 4) is 28.7 Å². The molecule has 0 aromatic heterocycles. The molecule has 0 unspecified atom stereocenters. The van der Waals surface area contributed by atoms with Crippen molar-refractivity contribution in [3.63, 3.8) is 0 Å². The van der Waals surface area contributed by atoms with Crippen LogP contribution in [0.4, 0.5) is 0 Å². The molecule has 4 N–H and O–H groups in total. The molecule has 0 saturated carbocycles. The molecule has 0 spiro atoms. The minimum Gasteiger partial charge on any atom is -0.504 e. The molecule has 0 radical (unpaired) electrons. The van der Waals surface area contributed by atoms with Crippen LogP contribution in [0, 0.1) is 0 Å². The molecule has 0 saturated heterocycles. The average Bonchev–Trinajstić information content (AvgIpc) is 2.99. The van der Waals surface area contributed by atoms with Gasteiger partial charge in [-0.1, -0.05) is 0 Å². The van der Waals surface area contributed by atoms with Gasteiger partial charge in [0.25, 0.3) is 5.91 Å². The average molecular weight is 395 g/mol. The number of amides is 1. The van der Waals surface area contributed by atoms with Crippen LogP contribution in [-0.4, -0.2) is 34.2 Å². The number of phenols is 3. The molecule has 1 aliphatic rings. The zero-order chi connectivity index (χ0) is 17.3. The molecule has 1 heterocycles. The first-order valence-corrected chi connectivity index (χ1v) is 7.42. The largest absolute Gasteiger partial charge is 0.504 e. The first-order chi connectivity index (χ1) is 11.5. The normalized spacial score (nSPS) is 12.5. The Morgan fingerprint density at radius 1 is 1.12 bits per heavy atom. The monoisotopic (exact) mass is 394 g/mol. The van der Waals surface area contributed by atoms with Gasteiger partial charge in [-0.25, -0.2) is 5.43 Å². The molecule has 2 aromatic carbocycles. The van der Waals surface area contributed by atoms with Crippen LogP contribution >= 0.6 is 15.9 Å². The second-order valence-corrected chi connectivity index (χ2v) is 5.64. The topological polar surface area (TPSA) is 121 Å². The van der Waals surface area contributed by atoms with Gasteiger partial charge < -0.3 is 24.8 Å². The van der Waals surface area contributed by atoms with Crippen LogP contribution in [-0.2, 0) is 0 Å². The summed E-state index contributed by atoms with van der Waals surface area (Å²) in [6.45, 7) is 0.146. The number of benzene rings is 2. The summed E-state index contributed by atoms with van der Waals surface area (Å²) in [5.74, 6) is -1.41. The lowest BCUT2D eigenvalue weighted by atomic mass is 10.2. The Balaban J connectivity index is 1.74. The number of hydrazone groups is 1. The summed E-state index contributed by atoms with van der Waals surface area (Å²) in [5, 5.41) is 31.9. The minimum absolute atomic E-state index is 0.0651. The molecule has 8 nitrogen and oxygen atoms in total. The third-order valence-corrected chi connectivity index (χ3v) is 3.88. The summed E-state index contributed by atoms with van der Waals surface area (Å²) >= 11 is 3.36. The molecule has 3 rings (SSSR count). The number of hydrogen-bond donors (Lipinski definition) is 4. The van der Waals surface area contributed by atoms with Crippen molar-refractivity contribution in [2.75, 3.05) is 6.79 Å². The van der Waals surface area contributed by atoms with Gasteiger partial charge >= 0.3 is 0 Å². The SMILES string of the molecule is O=C(N/N=C\c1cc2c(cc1Br)OCO2)c1cc(O)c(O)c(O)c1.